The van der Waals surface area contributed by atoms with Crippen molar-refractivity contribution in [3.63, 3.8) is 0 Å². The molecule has 0 aliphatic carbocycles. The molecule has 6 nitrogen and oxygen atoms in total. The zero-order valence-electron chi connectivity index (χ0n) is 20.0. The number of aromatic nitrogens is 4. The summed E-state index contributed by atoms with van der Waals surface area (Å²) >= 11 is 0. The van der Waals surface area contributed by atoms with Gasteiger partial charge >= 0.3 is 0 Å². The minimum absolute atomic E-state index is 0.147. The predicted molar refractivity (Wildman–Crippen MR) is 145 cm³/mol. The Morgan fingerprint density at radius 1 is 0.889 bits per heavy atom. The minimum Gasteiger partial charge on any atom is -0.490 e. The number of benzene rings is 3. The van der Waals surface area contributed by atoms with E-state index in [-0.39, 0.29) is 6.04 Å². The smallest absolute Gasteiger partial charge is 0.138 e. The standard InChI is InChI=1S/C30H27N5O/c1-19-26-14-21(11-12-29(26)35-34-19)27-15-24(17-33-30(27)20-7-3-2-4-8-20)36-18-23(31)13-22-16-32-28-10-6-5-9-25(22)28/h2-12,14-17,23,32H,13,18,31H2,1H3,(H,34,35)/t23-/m0/s1. The number of H-pyrrole nitrogens is 2. The number of rotatable bonds is 7. The first-order valence-electron chi connectivity index (χ1n) is 12.1. The minimum atomic E-state index is -0.147. The lowest BCUT2D eigenvalue weighted by molar-refractivity contribution is 0.287. The van der Waals surface area contributed by atoms with E-state index in [1.807, 2.05) is 43.5 Å². The summed E-state index contributed by atoms with van der Waals surface area (Å²) in [7, 11) is 0. The van der Waals surface area contributed by atoms with Crippen LogP contribution in [0.4, 0.5) is 0 Å². The van der Waals surface area contributed by atoms with Gasteiger partial charge in [0, 0.05) is 39.7 Å². The quantitative estimate of drug-likeness (QED) is 0.264. The number of ether oxygens (including phenoxy) is 1. The van der Waals surface area contributed by atoms with Crippen LogP contribution in [0, 0.1) is 6.92 Å². The molecule has 0 saturated heterocycles. The third kappa shape index (κ3) is 4.23. The van der Waals surface area contributed by atoms with Crippen molar-refractivity contribution in [1.82, 2.24) is 20.2 Å². The first-order valence-corrected chi connectivity index (χ1v) is 12.1. The van der Waals surface area contributed by atoms with Gasteiger partial charge in [-0.05, 0) is 48.7 Å². The van der Waals surface area contributed by atoms with Crippen molar-refractivity contribution in [2.24, 2.45) is 5.73 Å². The second-order valence-electron chi connectivity index (χ2n) is 9.14. The number of hydrogen-bond acceptors (Lipinski definition) is 4. The van der Waals surface area contributed by atoms with Crippen LogP contribution in [0.3, 0.4) is 0 Å². The maximum absolute atomic E-state index is 6.47. The van der Waals surface area contributed by atoms with Crippen molar-refractivity contribution in [3.8, 4) is 28.1 Å². The summed E-state index contributed by atoms with van der Waals surface area (Å²) in [5, 5.41) is 9.72. The highest BCUT2D eigenvalue weighted by Gasteiger charge is 2.14. The molecule has 0 amide bonds. The lowest BCUT2D eigenvalue weighted by Crippen LogP contribution is -2.30. The van der Waals surface area contributed by atoms with Gasteiger partial charge in [0.15, 0.2) is 0 Å². The Balaban J connectivity index is 1.28. The summed E-state index contributed by atoms with van der Waals surface area (Å²) in [5.41, 5.74) is 14.8. The summed E-state index contributed by atoms with van der Waals surface area (Å²) in [4.78, 5) is 8.13. The predicted octanol–water partition coefficient (Wildman–Crippen LogP) is 6.03. The van der Waals surface area contributed by atoms with Crippen molar-refractivity contribution >= 4 is 21.8 Å². The number of para-hydroxylation sites is 1. The van der Waals surface area contributed by atoms with E-state index in [0.717, 1.165) is 50.9 Å². The van der Waals surface area contributed by atoms with Crippen LogP contribution in [0.1, 0.15) is 11.3 Å². The van der Waals surface area contributed by atoms with E-state index < -0.39 is 0 Å². The molecule has 0 unspecified atom stereocenters. The highest BCUT2D eigenvalue weighted by Crippen LogP contribution is 2.35. The Kier molecular flexibility index (Phi) is 5.71. The highest BCUT2D eigenvalue weighted by molar-refractivity contribution is 5.90. The van der Waals surface area contributed by atoms with Crippen molar-refractivity contribution < 1.29 is 4.74 Å². The molecule has 6 heteroatoms. The van der Waals surface area contributed by atoms with E-state index in [2.05, 4.69) is 63.7 Å². The molecule has 0 bridgehead atoms. The Labute approximate surface area is 209 Å². The summed E-state index contributed by atoms with van der Waals surface area (Å²) in [5.74, 6) is 0.697. The van der Waals surface area contributed by atoms with Crippen LogP contribution in [0.15, 0.2) is 91.3 Å². The molecular formula is C30H27N5O. The molecule has 6 rings (SSSR count). The van der Waals surface area contributed by atoms with Gasteiger partial charge in [-0.25, -0.2) is 0 Å². The molecule has 3 heterocycles. The van der Waals surface area contributed by atoms with Crippen LogP contribution in [-0.4, -0.2) is 32.8 Å². The van der Waals surface area contributed by atoms with Gasteiger partial charge in [0.2, 0.25) is 0 Å². The summed E-state index contributed by atoms with van der Waals surface area (Å²) in [6, 6.07) is 26.7. The molecule has 178 valence electrons. The average Bonchev–Trinajstić information content (AvgIpc) is 3.51. The molecule has 3 aromatic carbocycles. The largest absolute Gasteiger partial charge is 0.490 e. The molecule has 3 aromatic heterocycles. The van der Waals surface area contributed by atoms with Gasteiger partial charge in [0.05, 0.1) is 23.1 Å². The molecule has 4 N–H and O–H groups in total. The Morgan fingerprint density at radius 2 is 1.72 bits per heavy atom. The lowest BCUT2D eigenvalue weighted by atomic mass is 9.98. The summed E-state index contributed by atoms with van der Waals surface area (Å²) < 4.78 is 6.16. The molecule has 0 fully saturated rings. The Morgan fingerprint density at radius 3 is 2.61 bits per heavy atom. The van der Waals surface area contributed by atoms with Crippen LogP contribution in [0.25, 0.3) is 44.2 Å². The number of nitrogens with one attached hydrogen (secondary N) is 2. The monoisotopic (exact) mass is 473 g/mol. The molecule has 0 radical (unpaired) electrons. The molecule has 0 saturated carbocycles. The third-order valence-electron chi connectivity index (χ3n) is 6.60. The lowest BCUT2D eigenvalue weighted by Gasteiger charge is -2.15. The second-order valence-corrected chi connectivity index (χ2v) is 9.14. The molecule has 0 aliphatic heterocycles. The number of aryl methyl sites for hydroxylation is 1. The van der Waals surface area contributed by atoms with Crippen LogP contribution in [-0.2, 0) is 6.42 Å². The van der Waals surface area contributed by atoms with E-state index in [1.165, 1.54) is 10.9 Å². The number of aromatic amines is 2. The Bertz CT molecular complexity index is 1650. The fourth-order valence-electron chi connectivity index (χ4n) is 4.73. The van der Waals surface area contributed by atoms with Gasteiger partial charge in [-0.15, -0.1) is 0 Å². The van der Waals surface area contributed by atoms with E-state index in [9.17, 15) is 0 Å². The molecule has 36 heavy (non-hydrogen) atoms. The summed E-state index contributed by atoms with van der Waals surface area (Å²) in [6.45, 7) is 2.40. The maximum Gasteiger partial charge on any atom is 0.138 e. The number of hydrogen-bond donors (Lipinski definition) is 3. The zero-order valence-corrected chi connectivity index (χ0v) is 20.0. The van der Waals surface area contributed by atoms with Gasteiger partial charge in [-0.2, -0.15) is 5.10 Å². The number of fused-ring (bicyclic) bond motifs is 2. The SMILES string of the molecule is Cc1n[nH]c2ccc(-c3cc(OC[C@@H](N)Cc4c[nH]c5ccccc45)cnc3-c3ccccc3)cc12. The van der Waals surface area contributed by atoms with Crippen molar-refractivity contribution in [2.75, 3.05) is 6.61 Å². The molecule has 0 aliphatic rings. The number of nitrogens with two attached hydrogens (primary N) is 1. The van der Waals surface area contributed by atoms with Crippen LogP contribution < -0.4 is 10.5 Å². The maximum atomic E-state index is 6.47. The number of pyridine rings is 1. The van der Waals surface area contributed by atoms with Gasteiger partial charge in [0.1, 0.15) is 12.4 Å². The molecular weight excluding hydrogens is 446 g/mol. The molecule has 1 atom stereocenters. The van der Waals surface area contributed by atoms with E-state index >= 15 is 0 Å². The normalized spacial score (nSPS) is 12.3. The summed E-state index contributed by atoms with van der Waals surface area (Å²) in [6.07, 6.45) is 4.54. The molecule has 0 spiro atoms. The number of nitrogens with zero attached hydrogens (tertiary/aromatic N) is 2. The third-order valence-corrected chi connectivity index (χ3v) is 6.60. The van der Waals surface area contributed by atoms with Gasteiger partial charge in [0.25, 0.3) is 0 Å². The zero-order chi connectivity index (χ0) is 24.5. The van der Waals surface area contributed by atoms with Gasteiger partial charge in [-0.3, -0.25) is 10.1 Å². The van der Waals surface area contributed by atoms with Crippen molar-refractivity contribution in [3.05, 3.63) is 103 Å². The van der Waals surface area contributed by atoms with Gasteiger partial charge in [-0.1, -0.05) is 54.6 Å². The first-order chi connectivity index (χ1) is 17.7. The van der Waals surface area contributed by atoms with Crippen LogP contribution in [0.5, 0.6) is 5.75 Å². The average molecular weight is 474 g/mol. The van der Waals surface area contributed by atoms with Crippen molar-refractivity contribution in [1.29, 1.82) is 0 Å². The van der Waals surface area contributed by atoms with E-state index in [4.69, 9.17) is 15.5 Å². The van der Waals surface area contributed by atoms with Crippen molar-refractivity contribution in [2.45, 2.75) is 19.4 Å². The van der Waals surface area contributed by atoms with Crippen LogP contribution >= 0.6 is 0 Å². The fourth-order valence-corrected chi connectivity index (χ4v) is 4.73. The fraction of sp³-hybridized carbons (Fsp3) is 0.133. The molecule has 6 aromatic rings. The van der Waals surface area contributed by atoms with E-state index in [0.29, 0.717) is 12.4 Å². The highest BCUT2D eigenvalue weighted by atomic mass is 16.5. The Hall–Kier alpha value is -4.42. The first kappa shape index (κ1) is 22.1. The van der Waals surface area contributed by atoms with Gasteiger partial charge < -0.3 is 15.5 Å². The van der Waals surface area contributed by atoms with E-state index in [1.54, 1.807) is 6.20 Å². The van der Waals surface area contributed by atoms with Crippen LogP contribution in [0.2, 0.25) is 0 Å². The topological polar surface area (TPSA) is 92.6 Å². The second kappa shape index (κ2) is 9.32.